The molecule has 3 nitrogen and oxygen atoms in total. The summed E-state index contributed by atoms with van der Waals surface area (Å²) >= 11 is 0. The number of aromatic hydroxyl groups is 1. The highest BCUT2D eigenvalue weighted by Crippen LogP contribution is 2.30. The van der Waals surface area contributed by atoms with Gasteiger partial charge in [0.15, 0.2) is 0 Å². The number of hydrogen-bond acceptors (Lipinski definition) is 3. The molecule has 0 aliphatic rings. The standard InChI is InChI=1S/C17H20O3S/c1-17(2,3)12-5-8-14(9-6-12)21(19)16-10-7-13(18)11-15(16)20-4/h5-11,18H,1-4H3. The van der Waals surface area contributed by atoms with Crippen LogP contribution in [0.5, 0.6) is 11.5 Å². The van der Waals surface area contributed by atoms with Crippen molar-refractivity contribution in [1.29, 1.82) is 0 Å². The Kier molecular flexibility index (Phi) is 4.37. The molecule has 0 saturated carbocycles. The quantitative estimate of drug-likeness (QED) is 0.936. The zero-order chi connectivity index (χ0) is 15.6. The summed E-state index contributed by atoms with van der Waals surface area (Å²) < 4.78 is 17.8. The Morgan fingerprint density at radius 3 is 2.19 bits per heavy atom. The molecule has 4 heteroatoms. The number of methoxy groups -OCH3 is 1. The van der Waals surface area contributed by atoms with Crippen LogP contribution in [0.2, 0.25) is 0 Å². The van der Waals surface area contributed by atoms with Crippen molar-refractivity contribution >= 4 is 10.8 Å². The van der Waals surface area contributed by atoms with Crippen LogP contribution in [0.1, 0.15) is 26.3 Å². The van der Waals surface area contributed by atoms with Crippen molar-refractivity contribution in [2.45, 2.75) is 36.0 Å². The topological polar surface area (TPSA) is 46.5 Å². The van der Waals surface area contributed by atoms with Gasteiger partial charge in [0.1, 0.15) is 11.5 Å². The summed E-state index contributed by atoms with van der Waals surface area (Å²) in [5.74, 6) is 0.518. The van der Waals surface area contributed by atoms with E-state index < -0.39 is 10.8 Å². The van der Waals surface area contributed by atoms with Crippen molar-refractivity contribution in [2.24, 2.45) is 0 Å². The fraction of sp³-hybridized carbons (Fsp3) is 0.294. The molecule has 2 aromatic rings. The van der Waals surface area contributed by atoms with Crippen molar-refractivity contribution in [3.8, 4) is 11.5 Å². The first-order valence-corrected chi connectivity index (χ1v) is 7.87. The molecule has 0 bridgehead atoms. The van der Waals surface area contributed by atoms with E-state index in [1.54, 1.807) is 6.07 Å². The highest BCUT2D eigenvalue weighted by Gasteiger charge is 2.16. The van der Waals surface area contributed by atoms with Gasteiger partial charge in [-0.15, -0.1) is 0 Å². The summed E-state index contributed by atoms with van der Waals surface area (Å²) in [6, 6.07) is 12.4. The first-order valence-electron chi connectivity index (χ1n) is 6.72. The number of phenolic OH excluding ortho intramolecular Hbond substituents is 1. The average Bonchev–Trinajstić information content (AvgIpc) is 2.45. The second-order valence-electron chi connectivity index (χ2n) is 5.88. The number of phenols is 1. The molecule has 1 N–H and O–H groups in total. The summed E-state index contributed by atoms with van der Waals surface area (Å²) in [5.41, 5.74) is 1.26. The van der Waals surface area contributed by atoms with Crippen molar-refractivity contribution < 1.29 is 14.1 Å². The minimum absolute atomic E-state index is 0.0657. The third kappa shape index (κ3) is 3.45. The summed E-state index contributed by atoms with van der Waals surface area (Å²) in [4.78, 5) is 1.27. The molecule has 2 rings (SSSR count). The van der Waals surface area contributed by atoms with Crippen molar-refractivity contribution in [3.05, 3.63) is 48.0 Å². The molecular formula is C17H20O3S. The van der Waals surface area contributed by atoms with Gasteiger partial charge in [-0.25, -0.2) is 4.21 Å². The Morgan fingerprint density at radius 2 is 1.67 bits per heavy atom. The number of rotatable bonds is 3. The minimum atomic E-state index is -1.34. The summed E-state index contributed by atoms with van der Waals surface area (Å²) in [6.07, 6.45) is 0. The summed E-state index contributed by atoms with van der Waals surface area (Å²) in [6.45, 7) is 6.42. The van der Waals surface area contributed by atoms with Gasteiger partial charge in [0.25, 0.3) is 0 Å². The van der Waals surface area contributed by atoms with E-state index in [0.29, 0.717) is 15.5 Å². The van der Waals surface area contributed by atoms with Gasteiger partial charge < -0.3 is 9.84 Å². The molecule has 112 valence electrons. The van der Waals surface area contributed by atoms with Crippen molar-refractivity contribution in [1.82, 2.24) is 0 Å². The van der Waals surface area contributed by atoms with Crippen LogP contribution in [0.4, 0.5) is 0 Å². The fourth-order valence-electron chi connectivity index (χ4n) is 2.01. The SMILES string of the molecule is COc1cc(O)ccc1S(=O)c1ccc(C(C)(C)C)cc1. The van der Waals surface area contributed by atoms with Gasteiger partial charge in [-0.2, -0.15) is 0 Å². The van der Waals surface area contributed by atoms with Crippen molar-refractivity contribution in [3.63, 3.8) is 0 Å². The molecule has 0 aromatic heterocycles. The second kappa shape index (κ2) is 5.90. The highest BCUT2D eigenvalue weighted by atomic mass is 32.2. The predicted molar refractivity (Wildman–Crippen MR) is 84.5 cm³/mol. The van der Waals surface area contributed by atoms with E-state index in [0.717, 1.165) is 0 Å². The first kappa shape index (κ1) is 15.6. The van der Waals surface area contributed by atoms with Gasteiger partial charge in [0, 0.05) is 11.0 Å². The van der Waals surface area contributed by atoms with Gasteiger partial charge in [0.2, 0.25) is 0 Å². The maximum atomic E-state index is 12.6. The number of hydrogen-bond donors (Lipinski definition) is 1. The molecule has 0 aliphatic carbocycles. The Balaban J connectivity index is 2.37. The zero-order valence-corrected chi connectivity index (χ0v) is 13.5. The Labute approximate surface area is 128 Å². The van der Waals surface area contributed by atoms with E-state index in [9.17, 15) is 9.32 Å². The molecule has 21 heavy (non-hydrogen) atoms. The van der Waals surface area contributed by atoms with Gasteiger partial charge >= 0.3 is 0 Å². The van der Waals surface area contributed by atoms with Crippen LogP contribution < -0.4 is 4.74 Å². The van der Waals surface area contributed by atoms with E-state index >= 15 is 0 Å². The van der Waals surface area contributed by atoms with Gasteiger partial charge in [-0.1, -0.05) is 32.9 Å². The Hall–Kier alpha value is -1.81. The van der Waals surface area contributed by atoms with Gasteiger partial charge in [-0.05, 0) is 35.2 Å². The van der Waals surface area contributed by atoms with Crippen LogP contribution in [0.3, 0.4) is 0 Å². The summed E-state index contributed by atoms with van der Waals surface area (Å²) in [5, 5.41) is 9.47. The van der Waals surface area contributed by atoms with Crippen LogP contribution in [0.15, 0.2) is 52.3 Å². The Bertz CT molecular complexity index is 655. The lowest BCUT2D eigenvalue weighted by atomic mass is 9.87. The zero-order valence-electron chi connectivity index (χ0n) is 12.7. The van der Waals surface area contributed by atoms with Gasteiger partial charge in [0.05, 0.1) is 22.8 Å². The molecule has 0 radical (unpaired) electrons. The molecule has 0 aliphatic heterocycles. The smallest absolute Gasteiger partial charge is 0.139 e. The first-order chi connectivity index (χ1) is 9.82. The van der Waals surface area contributed by atoms with E-state index in [1.165, 1.54) is 24.8 Å². The molecule has 0 saturated heterocycles. The third-order valence-corrected chi connectivity index (χ3v) is 4.72. The second-order valence-corrected chi connectivity index (χ2v) is 7.33. The number of ether oxygens (including phenoxy) is 1. The number of benzene rings is 2. The van der Waals surface area contributed by atoms with Crippen LogP contribution in [0.25, 0.3) is 0 Å². The lowest BCUT2D eigenvalue weighted by Gasteiger charge is -2.19. The van der Waals surface area contributed by atoms with E-state index in [4.69, 9.17) is 4.74 Å². The van der Waals surface area contributed by atoms with Crippen LogP contribution in [0, 0.1) is 0 Å². The summed E-state index contributed by atoms with van der Waals surface area (Å²) in [7, 11) is 0.161. The predicted octanol–water partition coefficient (Wildman–Crippen LogP) is 3.87. The van der Waals surface area contributed by atoms with E-state index in [1.807, 2.05) is 24.3 Å². The fourth-order valence-corrected chi connectivity index (χ4v) is 3.17. The molecule has 0 fully saturated rings. The van der Waals surface area contributed by atoms with E-state index in [-0.39, 0.29) is 11.2 Å². The molecule has 1 atom stereocenters. The van der Waals surface area contributed by atoms with Gasteiger partial charge in [-0.3, -0.25) is 0 Å². The van der Waals surface area contributed by atoms with Crippen LogP contribution in [-0.4, -0.2) is 16.4 Å². The molecule has 0 amide bonds. The molecule has 1 unspecified atom stereocenters. The lowest BCUT2D eigenvalue weighted by molar-refractivity contribution is 0.397. The normalized spacial score (nSPS) is 13.0. The monoisotopic (exact) mass is 304 g/mol. The maximum Gasteiger partial charge on any atom is 0.139 e. The average molecular weight is 304 g/mol. The lowest BCUT2D eigenvalue weighted by Crippen LogP contribution is -2.10. The molecule has 0 heterocycles. The minimum Gasteiger partial charge on any atom is -0.508 e. The maximum absolute atomic E-state index is 12.6. The van der Waals surface area contributed by atoms with E-state index in [2.05, 4.69) is 20.8 Å². The molecular weight excluding hydrogens is 284 g/mol. The Morgan fingerprint density at radius 1 is 1.05 bits per heavy atom. The van der Waals surface area contributed by atoms with Crippen LogP contribution in [-0.2, 0) is 16.2 Å². The highest BCUT2D eigenvalue weighted by molar-refractivity contribution is 7.85. The molecule has 2 aromatic carbocycles. The van der Waals surface area contributed by atoms with Crippen molar-refractivity contribution in [2.75, 3.05) is 7.11 Å². The van der Waals surface area contributed by atoms with Crippen LogP contribution >= 0.6 is 0 Å². The molecule has 0 spiro atoms. The third-order valence-electron chi connectivity index (χ3n) is 3.28. The largest absolute Gasteiger partial charge is 0.508 e.